The number of aryl methyl sites for hydroxylation is 1. The summed E-state index contributed by atoms with van der Waals surface area (Å²) in [7, 11) is 1.80. The van der Waals surface area contributed by atoms with E-state index >= 15 is 0 Å². The summed E-state index contributed by atoms with van der Waals surface area (Å²) in [5, 5.41) is 15.4. The zero-order valence-corrected chi connectivity index (χ0v) is 12.7. The molecule has 1 fully saturated rings. The van der Waals surface area contributed by atoms with Crippen molar-refractivity contribution in [1.29, 1.82) is 0 Å². The maximum absolute atomic E-state index is 10.8. The summed E-state index contributed by atoms with van der Waals surface area (Å²) in [6, 6.07) is 0. The van der Waals surface area contributed by atoms with Crippen LogP contribution in [0.1, 0.15) is 51.3 Å². The van der Waals surface area contributed by atoms with Crippen molar-refractivity contribution in [3.8, 4) is 0 Å². The first kappa shape index (κ1) is 14.8. The van der Waals surface area contributed by atoms with Crippen molar-refractivity contribution in [1.82, 2.24) is 9.78 Å². The second kappa shape index (κ2) is 5.81. The summed E-state index contributed by atoms with van der Waals surface area (Å²) in [6.07, 6.45) is 4.74. The first-order valence-corrected chi connectivity index (χ1v) is 7.37. The fourth-order valence-electron chi connectivity index (χ4n) is 3.01. The Labute approximate surface area is 119 Å². The Kier molecular flexibility index (Phi) is 4.54. The Morgan fingerprint density at radius 2 is 2.21 bits per heavy atom. The first-order chi connectivity index (χ1) is 9.00. The molecule has 1 aliphatic carbocycles. The average molecular weight is 287 g/mol. The minimum atomic E-state index is -0.722. The van der Waals surface area contributed by atoms with E-state index in [0.717, 1.165) is 25.7 Å². The number of ether oxygens (including phenoxy) is 1. The van der Waals surface area contributed by atoms with Crippen molar-refractivity contribution < 1.29 is 9.84 Å². The van der Waals surface area contributed by atoms with Crippen LogP contribution >= 0.6 is 11.6 Å². The van der Waals surface area contributed by atoms with Crippen molar-refractivity contribution in [2.45, 2.75) is 51.2 Å². The third kappa shape index (κ3) is 2.81. The van der Waals surface area contributed by atoms with E-state index in [1.165, 1.54) is 0 Å². The van der Waals surface area contributed by atoms with Gasteiger partial charge in [-0.1, -0.05) is 18.5 Å². The van der Waals surface area contributed by atoms with Gasteiger partial charge in [-0.05, 0) is 38.5 Å². The summed E-state index contributed by atoms with van der Waals surface area (Å²) in [5.41, 5.74) is 0.142. The number of hydrogen-bond acceptors (Lipinski definition) is 3. The molecule has 0 amide bonds. The average Bonchev–Trinajstić information content (AvgIpc) is 2.71. The molecule has 1 saturated carbocycles. The summed E-state index contributed by atoms with van der Waals surface area (Å²) >= 11 is 6.15. The van der Waals surface area contributed by atoms with Crippen LogP contribution in [0.25, 0.3) is 0 Å². The molecule has 4 nitrogen and oxygen atoms in total. The molecule has 0 aromatic carbocycles. The lowest BCUT2D eigenvalue weighted by atomic mass is 9.75. The van der Waals surface area contributed by atoms with Crippen LogP contribution in [0.2, 0.25) is 5.02 Å². The SMILES string of the molecule is CCOC1(C(O)c2c(Cl)cnn2C)CCC(C)CC1. The second-order valence-electron chi connectivity index (χ2n) is 5.58. The molecule has 1 heterocycles. The third-order valence-electron chi connectivity index (χ3n) is 4.25. The van der Waals surface area contributed by atoms with Crippen LogP contribution in [0, 0.1) is 5.92 Å². The number of hydrogen-bond donors (Lipinski definition) is 1. The van der Waals surface area contributed by atoms with Crippen LogP contribution in [0.15, 0.2) is 6.20 Å². The van der Waals surface area contributed by atoms with Crippen LogP contribution in [0.3, 0.4) is 0 Å². The summed E-state index contributed by atoms with van der Waals surface area (Å²) in [6.45, 7) is 4.82. The van der Waals surface area contributed by atoms with Gasteiger partial charge in [-0.3, -0.25) is 4.68 Å². The highest BCUT2D eigenvalue weighted by molar-refractivity contribution is 6.31. The number of rotatable bonds is 4. The Morgan fingerprint density at radius 3 is 2.68 bits per heavy atom. The summed E-state index contributed by atoms with van der Waals surface area (Å²) in [5.74, 6) is 0.697. The molecular weight excluding hydrogens is 264 g/mol. The molecule has 1 aliphatic rings. The monoisotopic (exact) mass is 286 g/mol. The molecule has 1 aromatic rings. The molecule has 0 bridgehead atoms. The molecule has 5 heteroatoms. The van der Waals surface area contributed by atoms with Gasteiger partial charge < -0.3 is 9.84 Å². The molecule has 0 saturated heterocycles. The van der Waals surface area contributed by atoms with Crippen molar-refractivity contribution in [2.75, 3.05) is 6.61 Å². The van der Waals surface area contributed by atoms with E-state index in [1.54, 1.807) is 17.9 Å². The first-order valence-electron chi connectivity index (χ1n) is 6.99. The van der Waals surface area contributed by atoms with Crippen LogP contribution in [0.5, 0.6) is 0 Å². The molecular formula is C14H23ClN2O2. The molecule has 1 atom stereocenters. The van der Waals surface area contributed by atoms with Gasteiger partial charge in [0, 0.05) is 13.7 Å². The standard InChI is InChI=1S/C14H23ClN2O2/c1-4-19-14(7-5-10(2)6-8-14)13(18)12-11(15)9-16-17(12)3/h9-10,13,18H,4-8H2,1-3H3. The van der Waals surface area contributed by atoms with Gasteiger partial charge in [-0.15, -0.1) is 0 Å². The number of aromatic nitrogens is 2. The zero-order chi connectivity index (χ0) is 14.0. The summed E-state index contributed by atoms with van der Waals surface area (Å²) < 4.78 is 7.61. The molecule has 1 unspecified atom stereocenters. The minimum Gasteiger partial charge on any atom is -0.384 e. The predicted molar refractivity (Wildman–Crippen MR) is 75.2 cm³/mol. The van der Waals surface area contributed by atoms with E-state index in [4.69, 9.17) is 16.3 Å². The topological polar surface area (TPSA) is 47.3 Å². The Morgan fingerprint density at radius 1 is 1.58 bits per heavy atom. The zero-order valence-electron chi connectivity index (χ0n) is 11.9. The number of aliphatic hydroxyl groups excluding tert-OH is 1. The Balaban J connectivity index is 2.29. The van der Waals surface area contributed by atoms with Gasteiger partial charge in [-0.25, -0.2) is 0 Å². The molecule has 0 aliphatic heterocycles. The van der Waals surface area contributed by atoms with Gasteiger partial charge in [0.05, 0.1) is 22.5 Å². The minimum absolute atomic E-state index is 0.507. The molecule has 1 N–H and O–H groups in total. The smallest absolute Gasteiger partial charge is 0.126 e. The van der Waals surface area contributed by atoms with Gasteiger partial charge >= 0.3 is 0 Å². The van der Waals surface area contributed by atoms with E-state index in [2.05, 4.69) is 12.0 Å². The van der Waals surface area contributed by atoms with Crippen molar-refractivity contribution in [2.24, 2.45) is 13.0 Å². The van der Waals surface area contributed by atoms with Gasteiger partial charge in [0.15, 0.2) is 0 Å². The van der Waals surface area contributed by atoms with E-state index in [0.29, 0.717) is 23.2 Å². The van der Waals surface area contributed by atoms with Crippen LogP contribution in [-0.2, 0) is 11.8 Å². The highest BCUT2D eigenvalue weighted by Gasteiger charge is 2.44. The fourth-order valence-corrected chi connectivity index (χ4v) is 3.28. The van der Waals surface area contributed by atoms with E-state index in [9.17, 15) is 5.11 Å². The highest BCUT2D eigenvalue weighted by atomic mass is 35.5. The highest BCUT2D eigenvalue weighted by Crippen LogP contribution is 2.44. The largest absolute Gasteiger partial charge is 0.384 e. The van der Waals surface area contributed by atoms with Crippen molar-refractivity contribution in [3.63, 3.8) is 0 Å². The van der Waals surface area contributed by atoms with Gasteiger partial charge in [0.25, 0.3) is 0 Å². The molecule has 1 aromatic heterocycles. The molecule has 19 heavy (non-hydrogen) atoms. The van der Waals surface area contributed by atoms with Crippen LogP contribution in [0.4, 0.5) is 0 Å². The van der Waals surface area contributed by atoms with Gasteiger partial charge in [-0.2, -0.15) is 5.10 Å². The Hall–Kier alpha value is -0.580. The molecule has 0 spiro atoms. The van der Waals surface area contributed by atoms with Crippen molar-refractivity contribution >= 4 is 11.6 Å². The van der Waals surface area contributed by atoms with Gasteiger partial charge in [0.1, 0.15) is 6.10 Å². The van der Waals surface area contributed by atoms with Crippen LogP contribution < -0.4 is 0 Å². The van der Waals surface area contributed by atoms with Crippen molar-refractivity contribution in [3.05, 3.63) is 16.9 Å². The van der Waals surface area contributed by atoms with E-state index in [1.807, 2.05) is 6.92 Å². The maximum atomic E-state index is 10.8. The van der Waals surface area contributed by atoms with E-state index < -0.39 is 11.7 Å². The molecule has 2 rings (SSSR count). The van der Waals surface area contributed by atoms with Gasteiger partial charge in [0.2, 0.25) is 0 Å². The van der Waals surface area contributed by atoms with E-state index in [-0.39, 0.29) is 0 Å². The number of aliphatic hydroxyl groups is 1. The normalized spacial score (nSPS) is 29.4. The summed E-state index contributed by atoms with van der Waals surface area (Å²) in [4.78, 5) is 0. The second-order valence-corrected chi connectivity index (χ2v) is 5.99. The quantitative estimate of drug-likeness (QED) is 0.925. The maximum Gasteiger partial charge on any atom is 0.126 e. The lowest BCUT2D eigenvalue weighted by Gasteiger charge is -2.42. The number of nitrogens with zero attached hydrogens (tertiary/aromatic N) is 2. The predicted octanol–water partition coefficient (Wildman–Crippen LogP) is 3.09. The lowest BCUT2D eigenvalue weighted by molar-refractivity contribution is -0.148. The fraction of sp³-hybridized carbons (Fsp3) is 0.786. The van der Waals surface area contributed by atoms with Crippen LogP contribution in [-0.4, -0.2) is 27.1 Å². The number of halogens is 1. The molecule has 0 radical (unpaired) electrons. The molecule has 108 valence electrons. The Bertz CT molecular complexity index is 406. The lowest BCUT2D eigenvalue weighted by Crippen LogP contribution is -2.43. The third-order valence-corrected chi connectivity index (χ3v) is 4.54.